The number of hydrogen-bond donors (Lipinski definition) is 1. The molecule has 0 aliphatic rings. The lowest BCUT2D eigenvalue weighted by Crippen LogP contribution is -2.03. The molecule has 4 nitrogen and oxygen atoms in total. The molecule has 19 heavy (non-hydrogen) atoms. The second-order valence-electron chi connectivity index (χ2n) is 4.66. The second-order valence-corrected chi connectivity index (χ2v) is 4.66. The highest BCUT2D eigenvalue weighted by atomic mass is 16.5. The third-order valence-corrected chi connectivity index (χ3v) is 3.65. The Labute approximate surface area is 113 Å². The molecule has 2 aromatic rings. The third-order valence-electron chi connectivity index (χ3n) is 3.65. The standard InChI is InChI=1S/C15H20N2O2/c1-10-11(2)14(19-4)6-5-12(10)13-9-16-15(7-8-18)17(13)3/h5-6,9,18H,7-8H2,1-4H3. The van der Waals surface area contributed by atoms with Gasteiger partial charge in [0, 0.05) is 19.0 Å². The second kappa shape index (κ2) is 5.45. The van der Waals surface area contributed by atoms with Crippen LogP contribution >= 0.6 is 0 Å². The lowest BCUT2D eigenvalue weighted by molar-refractivity contribution is 0.295. The molecule has 4 heteroatoms. The van der Waals surface area contributed by atoms with Crippen LogP contribution in [0.5, 0.6) is 5.75 Å². The Morgan fingerprint density at radius 3 is 2.63 bits per heavy atom. The maximum absolute atomic E-state index is 9.02. The van der Waals surface area contributed by atoms with Crippen molar-refractivity contribution in [2.24, 2.45) is 7.05 Å². The molecule has 0 radical (unpaired) electrons. The molecule has 0 saturated carbocycles. The number of aromatic nitrogens is 2. The number of methoxy groups -OCH3 is 1. The van der Waals surface area contributed by atoms with Crippen LogP contribution in [-0.4, -0.2) is 28.4 Å². The van der Waals surface area contributed by atoms with Gasteiger partial charge in [0.15, 0.2) is 0 Å². The number of rotatable bonds is 4. The minimum atomic E-state index is 0.116. The Hall–Kier alpha value is -1.81. The molecule has 1 aromatic carbocycles. The Balaban J connectivity index is 2.51. The van der Waals surface area contributed by atoms with Gasteiger partial charge in [0.05, 0.1) is 25.6 Å². The monoisotopic (exact) mass is 260 g/mol. The molecule has 0 amide bonds. The number of hydrogen-bond acceptors (Lipinski definition) is 3. The summed E-state index contributed by atoms with van der Waals surface area (Å²) >= 11 is 0. The zero-order valence-corrected chi connectivity index (χ0v) is 11.9. The summed E-state index contributed by atoms with van der Waals surface area (Å²) in [4.78, 5) is 4.37. The minimum absolute atomic E-state index is 0.116. The fourth-order valence-electron chi connectivity index (χ4n) is 2.32. The summed E-state index contributed by atoms with van der Waals surface area (Å²) in [6, 6.07) is 4.04. The summed E-state index contributed by atoms with van der Waals surface area (Å²) in [6.45, 7) is 4.26. The van der Waals surface area contributed by atoms with Gasteiger partial charge in [0.2, 0.25) is 0 Å². The fraction of sp³-hybridized carbons (Fsp3) is 0.400. The van der Waals surface area contributed by atoms with E-state index in [9.17, 15) is 0 Å². The molecule has 1 aromatic heterocycles. The van der Waals surface area contributed by atoms with Gasteiger partial charge in [0.1, 0.15) is 11.6 Å². The van der Waals surface area contributed by atoms with Gasteiger partial charge in [-0.05, 0) is 37.1 Å². The first-order valence-electron chi connectivity index (χ1n) is 6.36. The first kappa shape index (κ1) is 13.6. The predicted molar refractivity (Wildman–Crippen MR) is 75.5 cm³/mol. The normalized spacial score (nSPS) is 10.8. The van der Waals surface area contributed by atoms with Crippen LogP contribution in [0.25, 0.3) is 11.3 Å². The van der Waals surface area contributed by atoms with Crippen LogP contribution in [0.3, 0.4) is 0 Å². The summed E-state index contributed by atoms with van der Waals surface area (Å²) in [7, 11) is 3.66. The third kappa shape index (κ3) is 2.36. The Morgan fingerprint density at radius 1 is 1.26 bits per heavy atom. The Bertz CT molecular complexity index is 588. The average molecular weight is 260 g/mol. The molecular formula is C15H20N2O2. The van der Waals surface area contributed by atoms with Gasteiger partial charge < -0.3 is 14.4 Å². The molecule has 0 aliphatic heterocycles. The van der Waals surface area contributed by atoms with Gasteiger partial charge in [-0.3, -0.25) is 0 Å². The van der Waals surface area contributed by atoms with E-state index in [1.165, 1.54) is 5.56 Å². The zero-order valence-electron chi connectivity index (χ0n) is 11.9. The minimum Gasteiger partial charge on any atom is -0.496 e. The number of aliphatic hydroxyl groups excluding tert-OH is 1. The van der Waals surface area contributed by atoms with Crippen molar-refractivity contribution < 1.29 is 9.84 Å². The highest BCUT2D eigenvalue weighted by molar-refractivity contribution is 5.67. The summed E-state index contributed by atoms with van der Waals surface area (Å²) in [5, 5.41) is 9.02. The van der Waals surface area contributed by atoms with Gasteiger partial charge in [-0.25, -0.2) is 4.98 Å². The summed E-state index contributed by atoms with van der Waals surface area (Å²) in [5.41, 5.74) is 4.55. The van der Waals surface area contributed by atoms with Gasteiger partial charge >= 0.3 is 0 Å². The topological polar surface area (TPSA) is 47.3 Å². The Kier molecular flexibility index (Phi) is 3.90. The van der Waals surface area contributed by atoms with Crippen LogP contribution in [0.15, 0.2) is 18.3 Å². The van der Waals surface area contributed by atoms with E-state index in [1.54, 1.807) is 7.11 Å². The molecule has 0 saturated heterocycles. The van der Waals surface area contributed by atoms with E-state index in [1.807, 2.05) is 23.9 Å². The molecule has 0 bridgehead atoms. The van der Waals surface area contributed by atoms with Crippen LogP contribution in [0.1, 0.15) is 17.0 Å². The number of nitrogens with zero attached hydrogens (tertiary/aromatic N) is 2. The molecular weight excluding hydrogens is 240 g/mol. The number of aliphatic hydroxyl groups is 1. The molecule has 102 valence electrons. The summed E-state index contributed by atoms with van der Waals surface area (Å²) < 4.78 is 7.37. The van der Waals surface area contributed by atoms with E-state index < -0.39 is 0 Å². The first-order chi connectivity index (χ1) is 9.10. The first-order valence-corrected chi connectivity index (χ1v) is 6.36. The van der Waals surface area contributed by atoms with E-state index in [0.717, 1.165) is 28.4 Å². The van der Waals surface area contributed by atoms with Crippen molar-refractivity contribution in [1.82, 2.24) is 9.55 Å². The predicted octanol–water partition coefficient (Wildman–Crippen LogP) is 2.25. The van der Waals surface area contributed by atoms with E-state index in [4.69, 9.17) is 9.84 Å². The molecule has 2 rings (SSSR count). The van der Waals surface area contributed by atoms with Gasteiger partial charge in [-0.15, -0.1) is 0 Å². The average Bonchev–Trinajstić information content (AvgIpc) is 2.75. The van der Waals surface area contributed by atoms with Crippen molar-refractivity contribution in [1.29, 1.82) is 0 Å². The lowest BCUT2D eigenvalue weighted by Gasteiger charge is -2.13. The Morgan fingerprint density at radius 2 is 2.00 bits per heavy atom. The quantitative estimate of drug-likeness (QED) is 0.917. The van der Waals surface area contributed by atoms with Crippen molar-refractivity contribution in [3.05, 3.63) is 35.3 Å². The summed E-state index contributed by atoms with van der Waals surface area (Å²) in [6.07, 6.45) is 2.43. The summed E-state index contributed by atoms with van der Waals surface area (Å²) in [5.74, 6) is 1.80. The molecule has 0 unspecified atom stereocenters. The molecule has 0 fully saturated rings. The van der Waals surface area contributed by atoms with E-state index in [0.29, 0.717) is 6.42 Å². The van der Waals surface area contributed by atoms with Crippen LogP contribution in [0.4, 0.5) is 0 Å². The largest absolute Gasteiger partial charge is 0.496 e. The van der Waals surface area contributed by atoms with E-state index in [2.05, 4.69) is 24.9 Å². The van der Waals surface area contributed by atoms with E-state index >= 15 is 0 Å². The van der Waals surface area contributed by atoms with Crippen LogP contribution in [-0.2, 0) is 13.5 Å². The molecule has 0 aliphatic carbocycles. The van der Waals surface area contributed by atoms with Crippen LogP contribution in [0, 0.1) is 13.8 Å². The van der Waals surface area contributed by atoms with Crippen molar-refractivity contribution >= 4 is 0 Å². The van der Waals surface area contributed by atoms with E-state index in [-0.39, 0.29) is 6.61 Å². The lowest BCUT2D eigenvalue weighted by atomic mass is 10.0. The van der Waals surface area contributed by atoms with Crippen molar-refractivity contribution in [2.75, 3.05) is 13.7 Å². The maximum Gasteiger partial charge on any atom is 0.122 e. The molecule has 1 N–H and O–H groups in total. The smallest absolute Gasteiger partial charge is 0.122 e. The highest BCUT2D eigenvalue weighted by Gasteiger charge is 2.13. The van der Waals surface area contributed by atoms with Crippen LogP contribution in [0.2, 0.25) is 0 Å². The van der Waals surface area contributed by atoms with Crippen molar-refractivity contribution in [3.8, 4) is 17.0 Å². The number of benzene rings is 1. The SMILES string of the molecule is COc1ccc(-c2cnc(CCO)n2C)c(C)c1C. The van der Waals surface area contributed by atoms with Gasteiger partial charge in [-0.2, -0.15) is 0 Å². The van der Waals surface area contributed by atoms with Gasteiger partial charge in [0.25, 0.3) is 0 Å². The fourth-order valence-corrected chi connectivity index (χ4v) is 2.32. The van der Waals surface area contributed by atoms with Crippen molar-refractivity contribution in [2.45, 2.75) is 20.3 Å². The zero-order chi connectivity index (χ0) is 14.0. The number of ether oxygens (including phenoxy) is 1. The molecule has 0 spiro atoms. The number of imidazole rings is 1. The van der Waals surface area contributed by atoms with Crippen LogP contribution < -0.4 is 4.74 Å². The maximum atomic E-state index is 9.02. The highest BCUT2D eigenvalue weighted by Crippen LogP contribution is 2.31. The molecule has 0 atom stereocenters. The molecule has 1 heterocycles. The van der Waals surface area contributed by atoms with Crippen molar-refractivity contribution in [3.63, 3.8) is 0 Å². The van der Waals surface area contributed by atoms with Gasteiger partial charge in [-0.1, -0.05) is 0 Å².